The third kappa shape index (κ3) is 2.58. The molecule has 10 heteroatoms. The summed E-state index contributed by atoms with van der Waals surface area (Å²) in [5.74, 6) is 0.0700. The number of anilines is 1. The largest absolute Gasteiger partial charge is 0.320 e. The summed E-state index contributed by atoms with van der Waals surface area (Å²) in [6.07, 6.45) is 0.423. The molecule has 0 bridgehead atoms. The summed E-state index contributed by atoms with van der Waals surface area (Å²) in [5, 5.41) is 28.1. The Kier molecular flexibility index (Phi) is 3.84. The monoisotopic (exact) mass is 380 g/mol. The maximum absolute atomic E-state index is 11.6. The van der Waals surface area contributed by atoms with E-state index in [1.807, 2.05) is 13.0 Å². The number of nitrogens with one attached hydrogen (secondary N) is 2. The van der Waals surface area contributed by atoms with Crippen molar-refractivity contribution in [1.29, 1.82) is 0 Å². The second-order valence-corrected chi connectivity index (χ2v) is 6.31. The lowest BCUT2D eigenvalue weighted by atomic mass is 9.94. The van der Waals surface area contributed by atoms with Crippen LogP contribution in [0.2, 0.25) is 0 Å². The van der Waals surface area contributed by atoms with Crippen LogP contribution in [0.3, 0.4) is 0 Å². The highest BCUT2D eigenvalue weighted by molar-refractivity contribution is 9.10. The van der Waals surface area contributed by atoms with Gasteiger partial charge in [-0.3, -0.25) is 14.9 Å². The van der Waals surface area contributed by atoms with Gasteiger partial charge < -0.3 is 5.32 Å². The van der Waals surface area contributed by atoms with Crippen LogP contribution in [-0.4, -0.2) is 31.5 Å². The lowest BCUT2D eigenvalue weighted by Crippen LogP contribution is -2.10. The Morgan fingerprint density at radius 1 is 1.57 bits per heavy atom. The first-order valence-corrected chi connectivity index (χ1v) is 7.70. The summed E-state index contributed by atoms with van der Waals surface area (Å²) in [6.45, 7) is 3.29. The van der Waals surface area contributed by atoms with Crippen LogP contribution in [0.25, 0.3) is 0 Å². The quantitative estimate of drug-likeness (QED) is 0.620. The Morgan fingerprint density at radius 2 is 2.30 bits per heavy atom. The maximum atomic E-state index is 11.6. The van der Waals surface area contributed by atoms with Gasteiger partial charge in [0, 0.05) is 22.9 Å². The van der Waals surface area contributed by atoms with Crippen LogP contribution in [0.5, 0.6) is 0 Å². The van der Waals surface area contributed by atoms with Crippen molar-refractivity contribution in [2.24, 2.45) is 0 Å². The number of H-pyrrole nitrogens is 1. The van der Waals surface area contributed by atoms with Gasteiger partial charge in [0.25, 0.3) is 5.69 Å². The van der Waals surface area contributed by atoms with Crippen molar-refractivity contribution in [3.05, 3.63) is 37.6 Å². The van der Waals surface area contributed by atoms with E-state index < -0.39 is 4.92 Å². The second kappa shape index (κ2) is 5.69. The number of carbonyl (C=O) groups is 1. The van der Waals surface area contributed by atoms with Crippen LogP contribution >= 0.6 is 15.9 Å². The molecule has 2 unspecified atom stereocenters. The number of hydrogen-bond donors (Lipinski definition) is 2. The Balaban J connectivity index is 2.15. The molecule has 23 heavy (non-hydrogen) atoms. The summed E-state index contributed by atoms with van der Waals surface area (Å²) in [5.41, 5.74) is 1.56. The number of rotatable bonds is 3. The minimum absolute atomic E-state index is 0.00368. The topological polar surface area (TPSA) is 127 Å². The van der Waals surface area contributed by atoms with E-state index in [1.54, 1.807) is 0 Å². The number of nitro groups is 1. The number of hydrogen-bond acceptors (Lipinski definition) is 6. The van der Waals surface area contributed by atoms with E-state index in [0.717, 1.165) is 5.56 Å². The molecule has 1 heterocycles. The fourth-order valence-corrected chi connectivity index (χ4v) is 3.60. The van der Waals surface area contributed by atoms with E-state index in [2.05, 4.69) is 41.9 Å². The van der Waals surface area contributed by atoms with Crippen molar-refractivity contribution < 1.29 is 9.72 Å². The lowest BCUT2D eigenvalue weighted by Gasteiger charge is -2.13. The van der Waals surface area contributed by atoms with Crippen molar-refractivity contribution in [3.8, 4) is 0 Å². The average Bonchev–Trinajstić information content (AvgIpc) is 3.08. The predicted octanol–water partition coefficient (Wildman–Crippen LogP) is 2.27. The van der Waals surface area contributed by atoms with Gasteiger partial charge in [0.05, 0.1) is 4.92 Å². The van der Waals surface area contributed by atoms with Gasteiger partial charge in [-0.15, -0.1) is 10.2 Å². The zero-order valence-corrected chi connectivity index (χ0v) is 13.9. The number of tetrazole rings is 1. The first-order chi connectivity index (χ1) is 10.9. The van der Waals surface area contributed by atoms with Crippen LogP contribution in [0.1, 0.15) is 42.6 Å². The average molecular weight is 381 g/mol. The first-order valence-electron chi connectivity index (χ1n) is 6.90. The van der Waals surface area contributed by atoms with E-state index in [4.69, 9.17) is 0 Å². The summed E-state index contributed by atoms with van der Waals surface area (Å²) >= 11 is 3.32. The highest BCUT2D eigenvalue weighted by atomic mass is 79.9. The van der Waals surface area contributed by atoms with Gasteiger partial charge in [-0.2, -0.15) is 5.21 Å². The van der Waals surface area contributed by atoms with E-state index in [1.165, 1.54) is 6.92 Å². The highest BCUT2D eigenvalue weighted by Crippen LogP contribution is 2.50. The van der Waals surface area contributed by atoms with Crippen molar-refractivity contribution in [2.75, 3.05) is 5.32 Å². The van der Waals surface area contributed by atoms with Gasteiger partial charge in [-0.1, -0.05) is 12.1 Å². The number of benzene rings is 1. The SMILES string of the molecule is CC(=O)Nc1c(Br)cc2c(c1[N+](=O)[O-])CC(c1nn[nH]n1)C2C. The molecule has 3 rings (SSSR count). The molecule has 0 radical (unpaired) electrons. The molecule has 120 valence electrons. The number of halogens is 1. The molecule has 0 fully saturated rings. The molecule has 1 aliphatic carbocycles. The molecular formula is C13H13BrN6O3. The van der Waals surface area contributed by atoms with Crippen LogP contribution in [0, 0.1) is 10.1 Å². The van der Waals surface area contributed by atoms with Crippen LogP contribution < -0.4 is 5.32 Å². The molecule has 1 aromatic heterocycles. The summed E-state index contributed by atoms with van der Waals surface area (Å²) < 4.78 is 0.485. The summed E-state index contributed by atoms with van der Waals surface area (Å²) in [6, 6.07) is 1.82. The standard InChI is InChI=1S/C13H13BrN6O3/c1-5-7-4-10(14)11(15-6(2)21)12(20(22)23)9(7)3-8(5)13-16-18-19-17-13/h4-5,8H,3H2,1-2H3,(H,15,21)(H,16,17,18,19). The van der Waals surface area contributed by atoms with Crippen molar-refractivity contribution in [2.45, 2.75) is 32.1 Å². The molecule has 2 N–H and O–H groups in total. The van der Waals surface area contributed by atoms with Gasteiger partial charge >= 0.3 is 0 Å². The van der Waals surface area contributed by atoms with Gasteiger partial charge in [0.1, 0.15) is 5.69 Å². The normalized spacial score (nSPS) is 19.4. The van der Waals surface area contributed by atoms with E-state index in [-0.39, 0.29) is 29.1 Å². The first kappa shape index (κ1) is 15.5. The molecular weight excluding hydrogens is 368 g/mol. The second-order valence-electron chi connectivity index (χ2n) is 5.46. The maximum Gasteiger partial charge on any atom is 0.297 e. The van der Waals surface area contributed by atoms with E-state index in [0.29, 0.717) is 22.3 Å². The molecule has 1 amide bonds. The molecule has 9 nitrogen and oxygen atoms in total. The van der Waals surface area contributed by atoms with Gasteiger partial charge in [-0.25, -0.2) is 0 Å². The number of fused-ring (bicyclic) bond motifs is 1. The lowest BCUT2D eigenvalue weighted by molar-refractivity contribution is -0.384. The van der Waals surface area contributed by atoms with Crippen molar-refractivity contribution in [3.63, 3.8) is 0 Å². The van der Waals surface area contributed by atoms with Crippen molar-refractivity contribution in [1.82, 2.24) is 20.6 Å². The summed E-state index contributed by atoms with van der Waals surface area (Å²) in [4.78, 5) is 22.5. The summed E-state index contributed by atoms with van der Waals surface area (Å²) in [7, 11) is 0. The van der Waals surface area contributed by atoms with E-state index in [9.17, 15) is 14.9 Å². The number of aromatic nitrogens is 4. The molecule has 0 saturated heterocycles. The zero-order valence-electron chi connectivity index (χ0n) is 12.3. The zero-order chi connectivity index (χ0) is 16.7. The van der Waals surface area contributed by atoms with Gasteiger partial charge in [0.15, 0.2) is 5.82 Å². The van der Waals surface area contributed by atoms with Gasteiger partial charge in [-0.05, 0) is 39.9 Å². The molecule has 0 aliphatic heterocycles. The Labute approximate surface area is 139 Å². The van der Waals surface area contributed by atoms with E-state index >= 15 is 0 Å². The molecule has 0 spiro atoms. The number of aromatic amines is 1. The smallest absolute Gasteiger partial charge is 0.297 e. The van der Waals surface area contributed by atoms with Crippen LogP contribution in [-0.2, 0) is 11.2 Å². The molecule has 2 atom stereocenters. The number of amides is 1. The Morgan fingerprint density at radius 3 is 2.87 bits per heavy atom. The third-order valence-electron chi connectivity index (χ3n) is 4.09. The molecule has 2 aromatic rings. The Bertz CT molecular complexity index is 792. The van der Waals surface area contributed by atoms with Crippen molar-refractivity contribution >= 4 is 33.2 Å². The molecule has 1 aliphatic rings. The minimum Gasteiger partial charge on any atom is -0.320 e. The fourth-order valence-electron chi connectivity index (χ4n) is 3.07. The highest BCUT2D eigenvalue weighted by Gasteiger charge is 2.39. The van der Waals surface area contributed by atoms with Gasteiger partial charge in [0.2, 0.25) is 5.91 Å². The Hall–Kier alpha value is -2.36. The third-order valence-corrected chi connectivity index (χ3v) is 4.71. The number of nitro benzene ring substituents is 1. The molecule has 1 aromatic carbocycles. The molecule has 0 saturated carbocycles. The van der Waals surface area contributed by atoms with Crippen LogP contribution in [0.4, 0.5) is 11.4 Å². The minimum atomic E-state index is -0.458. The van der Waals surface area contributed by atoms with Crippen LogP contribution in [0.15, 0.2) is 10.5 Å². The number of nitrogens with zero attached hydrogens (tertiary/aromatic N) is 4. The predicted molar refractivity (Wildman–Crippen MR) is 84.1 cm³/mol. The number of carbonyl (C=O) groups excluding carboxylic acids is 1. The fraction of sp³-hybridized carbons (Fsp3) is 0.385.